The molecule has 3 aromatic heterocycles. The molecule has 3 nitrogen and oxygen atoms in total. The van der Waals surface area contributed by atoms with E-state index in [1.807, 2.05) is 23.5 Å². The Bertz CT molecular complexity index is 3120. The predicted molar refractivity (Wildman–Crippen MR) is 229 cm³/mol. The summed E-state index contributed by atoms with van der Waals surface area (Å²) in [6, 6.07) is 67.2. The quantitative estimate of drug-likeness (QED) is 0.178. The molecule has 8 aromatic carbocycles. The molecule has 3 heterocycles. The highest BCUT2D eigenvalue weighted by atomic mass is 32.1. The third kappa shape index (κ3) is 4.96. The molecule has 0 saturated heterocycles. The number of hydrogen-bond acceptors (Lipinski definition) is 3. The summed E-state index contributed by atoms with van der Waals surface area (Å²) in [5.41, 5.74) is 10.9. The summed E-state index contributed by atoms with van der Waals surface area (Å²) in [7, 11) is 0. The fourth-order valence-electron chi connectivity index (χ4n) is 8.06. The van der Waals surface area contributed by atoms with E-state index >= 15 is 0 Å². The topological polar surface area (TPSA) is 30.7 Å². The monoisotopic (exact) mass is 705 g/mol. The number of hydrogen-bond donors (Lipinski definition) is 0. The predicted octanol–water partition coefficient (Wildman–Crippen LogP) is 13.8. The Morgan fingerprint density at radius 2 is 0.870 bits per heavy atom. The first-order chi connectivity index (χ1) is 26.8. The van der Waals surface area contributed by atoms with Gasteiger partial charge < -0.3 is 0 Å². The van der Waals surface area contributed by atoms with Crippen LogP contribution in [0.2, 0.25) is 0 Å². The van der Waals surface area contributed by atoms with Gasteiger partial charge in [0.15, 0.2) is 0 Å². The zero-order valence-electron chi connectivity index (χ0n) is 29.1. The van der Waals surface area contributed by atoms with Gasteiger partial charge in [0.1, 0.15) is 0 Å². The lowest BCUT2D eigenvalue weighted by molar-refractivity contribution is 0.996. The molecule has 0 saturated carbocycles. The van der Waals surface area contributed by atoms with Crippen LogP contribution < -0.4 is 0 Å². The van der Waals surface area contributed by atoms with E-state index in [1.165, 1.54) is 64.0 Å². The maximum Gasteiger partial charge on any atom is 0.235 e. The van der Waals surface area contributed by atoms with Crippen LogP contribution in [-0.2, 0) is 0 Å². The molecule has 0 fully saturated rings. The standard InChI is InChI=1S/C50H31N3S/c1-4-12-32(13-5-1)33-20-22-34(23-21-33)38-25-28-45-40(30-38)48-46(54-45)29-27-44-49(48)47-39-19-11-10-14-35(39)24-26-43(47)53(44)50-51-41(36-15-6-2-7-16-36)31-42(52-50)37-17-8-3-9-18-37/h1-31H. The van der Waals surface area contributed by atoms with Crippen molar-refractivity contribution in [2.24, 2.45) is 0 Å². The van der Waals surface area contributed by atoms with Crippen molar-refractivity contribution in [1.29, 1.82) is 0 Å². The number of rotatable bonds is 5. The smallest absolute Gasteiger partial charge is 0.235 e. The Kier molecular flexibility index (Phi) is 7.04. The van der Waals surface area contributed by atoms with E-state index in [2.05, 4.69) is 180 Å². The molecule has 54 heavy (non-hydrogen) atoms. The molecule has 0 spiro atoms. The summed E-state index contributed by atoms with van der Waals surface area (Å²) in [5.74, 6) is 0.656. The van der Waals surface area contributed by atoms with Crippen LogP contribution in [0, 0.1) is 0 Å². The molecule has 0 unspecified atom stereocenters. The second-order valence-electron chi connectivity index (χ2n) is 13.8. The van der Waals surface area contributed by atoms with E-state index in [1.54, 1.807) is 0 Å². The lowest BCUT2D eigenvalue weighted by Gasteiger charge is -2.12. The van der Waals surface area contributed by atoms with Crippen molar-refractivity contribution >= 4 is 64.1 Å². The minimum Gasteiger partial charge on any atom is -0.278 e. The molecule has 0 radical (unpaired) electrons. The molecule has 4 heteroatoms. The van der Waals surface area contributed by atoms with Crippen LogP contribution in [0.15, 0.2) is 188 Å². The van der Waals surface area contributed by atoms with Gasteiger partial charge in [-0.15, -0.1) is 11.3 Å². The summed E-state index contributed by atoms with van der Waals surface area (Å²) >= 11 is 1.86. The van der Waals surface area contributed by atoms with Gasteiger partial charge in [0.2, 0.25) is 5.95 Å². The Morgan fingerprint density at radius 1 is 0.352 bits per heavy atom. The summed E-state index contributed by atoms with van der Waals surface area (Å²) in [4.78, 5) is 10.6. The van der Waals surface area contributed by atoms with E-state index in [-0.39, 0.29) is 0 Å². The van der Waals surface area contributed by atoms with E-state index in [4.69, 9.17) is 9.97 Å². The van der Waals surface area contributed by atoms with Crippen LogP contribution in [0.3, 0.4) is 0 Å². The van der Waals surface area contributed by atoms with Crippen molar-refractivity contribution in [2.45, 2.75) is 0 Å². The largest absolute Gasteiger partial charge is 0.278 e. The molecule has 0 amide bonds. The second kappa shape index (κ2) is 12.4. The lowest BCUT2D eigenvalue weighted by atomic mass is 9.97. The molecule has 0 bridgehead atoms. The minimum atomic E-state index is 0.656. The first-order valence-electron chi connectivity index (χ1n) is 18.2. The summed E-state index contributed by atoms with van der Waals surface area (Å²) < 4.78 is 4.83. The summed E-state index contributed by atoms with van der Waals surface area (Å²) in [6.45, 7) is 0. The maximum atomic E-state index is 5.32. The fraction of sp³-hybridized carbons (Fsp3) is 0. The average molecular weight is 706 g/mol. The van der Waals surface area contributed by atoms with Gasteiger partial charge in [-0.2, -0.15) is 0 Å². The van der Waals surface area contributed by atoms with Crippen LogP contribution in [0.4, 0.5) is 0 Å². The van der Waals surface area contributed by atoms with Crippen LogP contribution in [0.25, 0.3) is 103 Å². The first-order valence-corrected chi connectivity index (χ1v) is 19.1. The lowest BCUT2D eigenvalue weighted by Crippen LogP contribution is -2.04. The van der Waals surface area contributed by atoms with Gasteiger partial charge in [0, 0.05) is 42.1 Å². The summed E-state index contributed by atoms with van der Waals surface area (Å²) in [5, 5.41) is 7.43. The van der Waals surface area contributed by atoms with Gasteiger partial charge in [-0.05, 0) is 69.4 Å². The normalized spacial score (nSPS) is 11.7. The Labute approximate surface area is 316 Å². The highest BCUT2D eigenvalue weighted by Gasteiger charge is 2.22. The Balaban J connectivity index is 1.20. The number of fused-ring (bicyclic) bond motifs is 9. The van der Waals surface area contributed by atoms with Gasteiger partial charge in [-0.25, -0.2) is 9.97 Å². The Morgan fingerprint density at radius 3 is 1.56 bits per heavy atom. The molecule has 0 aliphatic carbocycles. The van der Waals surface area contributed by atoms with Crippen molar-refractivity contribution in [3.63, 3.8) is 0 Å². The second-order valence-corrected chi connectivity index (χ2v) is 14.9. The third-order valence-electron chi connectivity index (χ3n) is 10.6. The fourth-order valence-corrected chi connectivity index (χ4v) is 9.16. The Hall–Kier alpha value is -6.88. The number of aromatic nitrogens is 3. The van der Waals surface area contributed by atoms with Crippen molar-refractivity contribution in [2.75, 3.05) is 0 Å². The summed E-state index contributed by atoms with van der Waals surface area (Å²) in [6.07, 6.45) is 0. The zero-order chi connectivity index (χ0) is 35.6. The van der Waals surface area contributed by atoms with Crippen LogP contribution in [-0.4, -0.2) is 14.5 Å². The number of benzene rings is 8. The molecular weight excluding hydrogens is 675 g/mol. The minimum absolute atomic E-state index is 0.656. The highest BCUT2D eigenvalue weighted by Crippen LogP contribution is 2.46. The maximum absolute atomic E-state index is 5.32. The van der Waals surface area contributed by atoms with Crippen molar-refractivity contribution in [1.82, 2.24) is 14.5 Å². The molecule has 0 aliphatic heterocycles. The van der Waals surface area contributed by atoms with Crippen molar-refractivity contribution in [3.05, 3.63) is 188 Å². The van der Waals surface area contributed by atoms with Gasteiger partial charge in [-0.3, -0.25) is 4.57 Å². The van der Waals surface area contributed by atoms with Crippen molar-refractivity contribution < 1.29 is 0 Å². The third-order valence-corrected chi connectivity index (χ3v) is 11.8. The SMILES string of the molecule is c1ccc(-c2ccc(-c3ccc4sc5ccc6c(c5c4c3)c3c4ccccc4ccc3n6-c3nc(-c4ccccc4)cc(-c4ccccc4)n3)cc2)cc1. The molecule has 0 atom stereocenters. The number of thiophene rings is 1. The zero-order valence-corrected chi connectivity index (χ0v) is 30.0. The highest BCUT2D eigenvalue weighted by molar-refractivity contribution is 7.26. The van der Waals surface area contributed by atoms with Gasteiger partial charge in [-0.1, -0.05) is 152 Å². The number of nitrogens with zero attached hydrogens (tertiary/aromatic N) is 3. The van der Waals surface area contributed by atoms with Crippen molar-refractivity contribution in [3.8, 4) is 50.7 Å². The molecule has 0 N–H and O–H groups in total. The van der Waals surface area contributed by atoms with E-state index in [9.17, 15) is 0 Å². The van der Waals surface area contributed by atoms with E-state index < -0.39 is 0 Å². The molecule has 0 aliphatic rings. The molecular formula is C50H31N3S. The van der Waals surface area contributed by atoms with Gasteiger partial charge in [0.05, 0.1) is 22.4 Å². The van der Waals surface area contributed by atoms with Crippen LogP contribution in [0.1, 0.15) is 0 Å². The molecule has 252 valence electrons. The van der Waals surface area contributed by atoms with Crippen LogP contribution >= 0.6 is 11.3 Å². The van der Waals surface area contributed by atoms with Gasteiger partial charge in [0.25, 0.3) is 0 Å². The molecule has 11 aromatic rings. The van der Waals surface area contributed by atoms with Crippen LogP contribution in [0.5, 0.6) is 0 Å². The molecule has 11 rings (SSSR count). The van der Waals surface area contributed by atoms with Gasteiger partial charge >= 0.3 is 0 Å². The average Bonchev–Trinajstić information content (AvgIpc) is 3.80. The van der Waals surface area contributed by atoms with E-state index in [0.717, 1.165) is 33.5 Å². The first kappa shape index (κ1) is 30.7. The van der Waals surface area contributed by atoms with E-state index in [0.29, 0.717) is 5.95 Å².